The van der Waals surface area contributed by atoms with E-state index >= 15 is 4.39 Å². The number of benzene rings is 1. The first-order valence-electron chi connectivity index (χ1n) is 16.4. The third-order valence-electron chi connectivity index (χ3n) is 11.4. The number of aliphatic hydroxyl groups is 1. The van der Waals surface area contributed by atoms with Gasteiger partial charge in [0.1, 0.15) is 5.75 Å². The summed E-state index contributed by atoms with van der Waals surface area (Å²) in [6, 6.07) is 5.95. The first-order valence-corrected chi connectivity index (χ1v) is 16.4. The van der Waals surface area contributed by atoms with E-state index in [2.05, 4.69) is 4.84 Å². The Hall–Kier alpha value is -3.49. The van der Waals surface area contributed by atoms with Gasteiger partial charge in [0.15, 0.2) is 23.7 Å². The fourth-order valence-corrected chi connectivity index (χ4v) is 9.14. The minimum absolute atomic E-state index is 0.0327. The van der Waals surface area contributed by atoms with Crippen molar-refractivity contribution in [3.05, 3.63) is 53.6 Å². The van der Waals surface area contributed by atoms with Crippen molar-refractivity contribution in [2.75, 3.05) is 6.61 Å². The highest BCUT2D eigenvalue weighted by molar-refractivity contribution is 6.01. The maximum Gasteiger partial charge on any atom is 0.514 e. The van der Waals surface area contributed by atoms with Gasteiger partial charge in [-0.25, -0.2) is 14.0 Å². The number of halogens is 1. The summed E-state index contributed by atoms with van der Waals surface area (Å²) in [5, 5.41) is 28.9. The molecule has 3 saturated carbocycles. The minimum Gasteiger partial charge on any atom is -0.450 e. The van der Waals surface area contributed by atoms with Gasteiger partial charge in [-0.1, -0.05) is 51.0 Å². The fraction of sp³-hybridized carbons (Fsp3) is 0.600. The van der Waals surface area contributed by atoms with Crippen LogP contribution in [0.5, 0.6) is 5.75 Å². The number of ether oxygens (including phenoxy) is 3. The van der Waals surface area contributed by atoms with Gasteiger partial charge in [0, 0.05) is 29.1 Å². The lowest BCUT2D eigenvalue weighted by molar-refractivity contribution is -0.497. The quantitative estimate of drug-likeness (QED) is 0.156. The number of Topliss-reactive ketones (excluding diaryl/α,β-unsaturated/α-hetero) is 1. The maximum atomic E-state index is 17.7. The Bertz CT molecular complexity index is 1510. The summed E-state index contributed by atoms with van der Waals surface area (Å²) >= 11 is 0. The van der Waals surface area contributed by atoms with Gasteiger partial charge in [-0.05, 0) is 74.8 Å². The van der Waals surface area contributed by atoms with Crippen molar-refractivity contribution in [2.24, 2.45) is 28.6 Å². The molecule has 3 N–H and O–H groups in total. The van der Waals surface area contributed by atoms with Crippen molar-refractivity contribution < 1.29 is 58.1 Å². The van der Waals surface area contributed by atoms with Crippen molar-refractivity contribution in [3.63, 3.8) is 0 Å². The number of hydrogen-bond acceptors (Lipinski definition) is 12. The summed E-state index contributed by atoms with van der Waals surface area (Å²) in [5.41, 5.74) is -5.37. The second kappa shape index (κ2) is 13.4. The number of esters is 1. The van der Waals surface area contributed by atoms with Crippen LogP contribution in [0.1, 0.15) is 78.2 Å². The summed E-state index contributed by atoms with van der Waals surface area (Å²) in [5.74, 6) is -3.31. The number of aliphatic hydroxyl groups excluding tert-OH is 1. The molecule has 4 aliphatic carbocycles. The highest BCUT2D eigenvalue weighted by Gasteiger charge is 2.77. The van der Waals surface area contributed by atoms with Crippen LogP contribution in [0.2, 0.25) is 0 Å². The maximum absolute atomic E-state index is 17.7. The predicted octanol–water partition coefficient (Wildman–Crippen LogP) is 5.37. The number of unbranched alkanes of at least 4 members (excludes halogenated alkanes) is 1. The molecule has 0 aromatic heterocycles. The lowest BCUT2D eigenvalue weighted by atomic mass is 9.44. The second-order valence-electron chi connectivity index (χ2n) is 14.0. The number of nitrogens with zero attached hydrogens (tertiary/aromatic N) is 1. The summed E-state index contributed by atoms with van der Waals surface area (Å²) in [7, 11) is 0. The molecule has 8 atom stereocenters. The van der Waals surface area contributed by atoms with Crippen LogP contribution in [-0.4, -0.2) is 68.6 Å². The Morgan fingerprint density at radius 1 is 1.15 bits per heavy atom. The van der Waals surface area contributed by atoms with E-state index in [0.717, 1.165) is 0 Å². The van der Waals surface area contributed by atoms with E-state index in [1.54, 1.807) is 32.9 Å². The number of alkyl halides is 1. The lowest BCUT2D eigenvalue weighted by Gasteiger charge is -2.62. The summed E-state index contributed by atoms with van der Waals surface area (Å²) in [6.07, 6.45) is 3.75. The van der Waals surface area contributed by atoms with E-state index in [1.165, 1.54) is 30.4 Å². The van der Waals surface area contributed by atoms with Crippen LogP contribution in [-0.2, 0) is 35.3 Å². The van der Waals surface area contributed by atoms with Crippen LogP contribution >= 0.6 is 0 Å². The highest BCUT2D eigenvalue weighted by atomic mass is 19.1. The van der Waals surface area contributed by atoms with Gasteiger partial charge in [0.25, 0.3) is 0 Å². The van der Waals surface area contributed by atoms with E-state index in [4.69, 9.17) is 24.6 Å². The van der Waals surface area contributed by atoms with Crippen LogP contribution in [0.3, 0.4) is 0 Å². The molecule has 0 saturated heterocycles. The van der Waals surface area contributed by atoms with E-state index in [0.29, 0.717) is 43.2 Å². The molecular weight excluding hydrogens is 629 g/mol. The average Bonchev–Trinajstić information content (AvgIpc) is 3.25. The zero-order chi connectivity index (χ0) is 35.1. The highest BCUT2D eigenvalue weighted by Crippen LogP contribution is 2.71. The third kappa shape index (κ3) is 5.89. The van der Waals surface area contributed by atoms with E-state index in [-0.39, 0.29) is 31.0 Å². The van der Waals surface area contributed by atoms with Gasteiger partial charge in [0.05, 0.1) is 18.1 Å². The average molecular weight is 674 g/mol. The lowest BCUT2D eigenvalue weighted by Crippen LogP contribution is -2.70. The SMILES string of the molecule is CCCCC(=O)O[C@]1(C(=O)COC(=O)Oc2cccc(CON(O)O)c2)[C@@H](C)C[C@H]2C3CCC4=CC(=O)C=C[C@]4(C)[C@@]3(F)[C@@H](O)C[C@@]21C. The number of ketones is 2. The van der Waals surface area contributed by atoms with E-state index in [9.17, 15) is 24.3 Å². The molecule has 12 nitrogen and oxygen atoms in total. The molecule has 0 spiro atoms. The molecular formula is C35H44FNO11. The zero-order valence-corrected chi connectivity index (χ0v) is 27.6. The Balaban J connectivity index is 1.42. The molecule has 48 heavy (non-hydrogen) atoms. The van der Waals surface area contributed by atoms with Crippen molar-refractivity contribution >= 4 is 23.7 Å². The van der Waals surface area contributed by atoms with Gasteiger partial charge in [-0.15, -0.1) is 0 Å². The van der Waals surface area contributed by atoms with Crippen molar-refractivity contribution in [3.8, 4) is 5.75 Å². The molecule has 5 rings (SSSR count). The number of allylic oxidation sites excluding steroid dienone is 4. The fourth-order valence-electron chi connectivity index (χ4n) is 9.14. The molecule has 1 aromatic rings. The van der Waals surface area contributed by atoms with E-state index in [1.807, 2.05) is 6.92 Å². The molecule has 4 aliphatic rings. The largest absolute Gasteiger partial charge is 0.514 e. The van der Waals surface area contributed by atoms with Crippen molar-refractivity contribution in [1.29, 1.82) is 0 Å². The molecule has 0 radical (unpaired) electrons. The monoisotopic (exact) mass is 673 g/mol. The topological polar surface area (TPSA) is 169 Å². The van der Waals surface area contributed by atoms with Crippen LogP contribution in [0.4, 0.5) is 9.18 Å². The van der Waals surface area contributed by atoms with Gasteiger partial charge in [-0.2, -0.15) is 0 Å². The van der Waals surface area contributed by atoms with E-state index < -0.39 is 75.9 Å². The number of rotatable bonds is 11. The van der Waals surface area contributed by atoms with Gasteiger partial charge >= 0.3 is 12.1 Å². The molecule has 0 aliphatic heterocycles. The van der Waals surface area contributed by atoms with Crippen LogP contribution < -0.4 is 4.74 Å². The van der Waals surface area contributed by atoms with Crippen LogP contribution in [0, 0.1) is 28.6 Å². The minimum atomic E-state index is -2.14. The molecule has 0 bridgehead atoms. The number of fused-ring (bicyclic) bond motifs is 5. The summed E-state index contributed by atoms with van der Waals surface area (Å²) < 4.78 is 34.4. The predicted molar refractivity (Wildman–Crippen MR) is 165 cm³/mol. The Kier molecular flexibility index (Phi) is 10.0. The third-order valence-corrected chi connectivity index (χ3v) is 11.4. The molecule has 13 heteroatoms. The molecule has 1 unspecified atom stereocenters. The Morgan fingerprint density at radius 3 is 2.60 bits per heavy atom. The van der Waals surface area contributed by atoms with Gasteiger partial charge in [-0.3, -0.25) is 24.8 Å². The second-order valence-corrected chi connectivity index (χ2v) is 14.0. The van der Waals surface area contributed by atoms with Gasteiger partial charge < -0.3 is 19.3 Å². The first kappa shape index (κ1) is 35.8. The number of hydrogen-bond donors (Lipinski definition) is 3. The normalized spacial score (nSPS) is 35.3. The molecule has 0 heterocycles. The number of carbonyl (C=O) groups excluding carboxylic acids is 4. The van der Waals surface area contributed by atoms with Crippen molar-refractivity contribution in [2.45, 2.75) is 96.6 Å². The Morgan fingerprint density at radius 2 is 1.90 bits per heavy atom. The first-order chi connectivity index (χ1) is 22.6. The molecule has 262 valence electrons. The molecule has 3 fully saturated rings. The standard InChI is InChI=1S/C35H44FNO11/c1-5-6-10-30(41)48-35(29(40)20-45-31(42)47-25-9-7-8-22(16-25)19-46-37(43)44)21(2)15-27-26-12-11-23-17-24(38)13-14-32(23,3)34(26,36)28(39)18-33(27,35)4/h7-9,13-14,16-17,21,26-28,39,43-44H,5-6,10-12,15,18-20H2,1-4H3/t21-,26?,27-,28-,32-,33-,34-,35-/m0/s1. The number of carbonyl (C=O) groups is 4. The zero-order valence-electron chi connectivity index (χ0n) is 27.6. The summed E-state index contributed by atoms with van der Waals surface area (Å²) in [6.45, 7) is 6.08. The van der Waals surface area contributed by atoms with Crippen LogP contribution in [0.15, 0.2) is 48.1 Å². The Labute approximate surface area is 278 Å². The smallest absolute Gasteiger partial charge is 0.450 e. The van der Waals surface area contributed by atoms with Crippen molar-refractivity contribution in [1.82, 2.24) is 5.39 Å². The van der Waals surface area contributed by atoms with Crippen LogP contribution in [0.25, 0.3) is 0 Å². The van der Waals surface area contributed by atoms with Gasteiger partial charge in [0.2, 0.25) is 5.78 Å². The summed E-state index contributed by atoms with van der Waals surface area (Å²) in [4.78, 5) is 57.2. The molecule has 1 aromatic carbocycles. The molecule has 0 amide bonds.